The first-order valence-electron chi connectivity index (χ1n) is 7.11. The highest BCUT2D eigenvalue weighted by molar-refractivity contribution is 5.39. The van der Waals surface area contributed by atoms with Crippen molar-refractivity contribution in [2.75, 3.05) is 6.61 Å². The van der Waals surface area contributed by atoms with Gasteiger partial charge in [0.1, 0.15) is 0 Å². The fourth-order valence-corrected chi connectivity index (χ4v) is 2.50. The SMILES string of the molecule is Cc1ccc(C(NC(C)CO)c2ccccc2)c(C)c1. The number of hydrogen-bond acceptors (Lipinski definition) is 2. The van der Waals surface area contributed by atoms with E-state index in [9.17, 15) is 5.11 Å². The van der Waals surface area contributed by atoms with Gasteiger partial charge < -0.3 is 10.4 Å². The molecule has 0 spiro atoms. The highest BCUT2D eigenvalue weighted by Crippen LogP contribution is 2.26. The smallest absolute Gasteiger partial charge is 0.0582 e. The first-order valence-corrected chi connectivity index (χ1v) is 7.11. The molecule has 2 atom stereocenters. The van der Waals surface area contributed by atoms with E-state index in [1.54, 1.807) is 0 Å². The zero-order valence-corrected chi connectivity index (χ0v) is 12.4. The number of aryl methyl sites for hydroxylation is 2. The predicted molar refractivity (Wildman–Crippen MR) is 83.9 cm³/mol. The number of aliphatic hydroxyl groups excluding tert-OH is 1. The Kier molecular flexibility index (Phi) is 4.94. The van der Waals surface area contributed by atoms with Crippen molar-refractivity contribution in [2.24, 2.45) is 0 Å². The van der Waals surface area contributed by atoms with Crippen LogP contribution in [0.1, 0.15) is 35.2 Å². The lowest BCUT2D eigenvalue weighted by atomic mass is 9.93. The molecule has 0 saturated carbocycles. The zero-order valence-electron chi connectivity index (χ0n) is 12.4. The number of rotatable bonds is 5. The minimum absolute atomic E-state index is 0.0564. The van der Waals surface area contributed by atoms with E-state index in [1.807, 2.05) is 13.0 Å². The van der Waals surface area contributed by atoms with Gasteiger partial charge in [-0.2, -0.15) is 0 Å². The van der Waals surface area contributed by atoms with E-state index in [4.69, 9.17) is 0 Å². The van der Waals surface area contributed by atoms with Crippen molar-refractivity contribution in [3.05, 3.63) is 70.8 Å². The van der Waals surface area contributed by atoms with Crippen LogP contribution in [0.5, 0.6) is 0 Å². The fraction of sp³-hybridized carbons (Fsp3) is 0.333. The van der Waals surface area contributed by atoms with Gasteiger partial charge in [0.05, 0.1) is 12.6 Å². The molecule has 0 aliphatic carbocycles. The monoisotopic (exact) mass is 269 g/mol. The van der Waals surface area contributed by atoms with Crippen molar-refractivity contribution in [2.45, 2.75) is 32.9 Å². The van der Waals surface area contributed by atoms with Gasteiger partial charge in [-0.3, -0.25) is 0 Å². The molecule has 2 N–H and O–H groups in total. The molecule has 2 heteroatoms. The number of aliphatic hydroxyl groups is 1. The van der Waals surface area contributed by atoms with Crippen LogP contribution >= 0.6 is 0 Å². The molecule has 0 amide bonds. The zero-order chi connectivity index (χ0) is 14.5. The first-order chi connectivity index (χ1) is 9.61. The van der Waals surface area contributed by atoms with Gasteiger partial charge in [0.25, 0.3) is 0 Å². The summed E-state index contributed by atoms with van der Waals surface area (Å²) in [7, 11) is 0. The molecular formula is C18H23NO. The van der Waals surface area contributed by atoms with Crippen molar-refractivity contribution in [3.8, 4) is 0 Å². The molecule has 0 saturated heterocycles. The van der Waals surface area contributed by atoms with Crippen molar-refractivity contribution in [1.29, 1.82) is 0 Å². The quantitative estimate of drug-likeness (QED) is 0.872. The molecule has 0 bridgehead atoms. The van der Waals surface area contributed by atoms with Crippen LogP contribution in [0.25, 0.3) is 0 Å². The molecule has 2 aromatic rings. The molecule has 0 fully saturated rings. The number of nitrogens with one attached hydrogen (secondary N) is 1. The molecular weight excluding hydrogens is 246 g/mol. The molecule has 20 heavy (non-hydrogen) atoms. The molecule has 2 aromatic carbocycles. The highest BCUT2D eigenvalue weighted by atomic mass is 16.3. The summed E-state index contributed by atoms with van der Waals surface area (Å²) in [5.41, 5.74) is 5.03. The predicted octanol–water partition coefficient (Wildman–Crippen LogP) is 3.36. The van der Waals surface area contributed by atoms with E-state index in [0.29, 0.717) is 0 Å². The summed E-state index contributed by atoms with van der Waals surface area (Å²) < 4.78 is 0. The van der Waals surface area contributed by atoms with Crippen LogP contribution < -0.4 is 5.32 Å². The Hall–Kier alpha value is -1.64. The Labute approximate surface area is 121 Å². The average molecular weight is 269 g/mol. The third-order valence-corrected chi connectivity index (χ3v) is 3.59. The van der Waals surface area contributed by atoms with Gasteiger partial charge in [0.2, 0.25) is 0 Å². The molecule has 2 rings (SSSR count). The van der Waals surface area contributed by atoms with E-state index in [2.05, 4.69) is 61.6 Å². The van der Waals surface area contributed by atoms with Crippen LogP contribution in [-0.4, -0.2) is 17.8 Å². The second kappa shape index (κ2) is 6.69. The van der Waals surface area contributed by atoms with E-state index < -0.39 is 0 Å². The summed E-state index contributed by atoms with van der Waals surface area (Å²) in [5.74, 6) is 0. The molecule has 106 valence electrons. The third-order valence-electron chi connectivity index (χ3n) is 3.59. The third kappa shape index (κ3) is 3.47. The van der Waals surface area contributed by atoms with Gasteiger partial charge in [-0.1, -0.05) is 54.1 Å². The van der Waals surface area contributed by atoms with Crippen molar-refractivity contribution >= 4 is 0 Å². The van der Waals surface area contributed by atoms with Crippen LogP contribution in [0.15, 0.2) is 48.5 Å². The lowest BCUT2D eigenvalue weighted by molar-refractivity contribution is 0.245. The molecule has 0 radical (unpaired) electrons. The molecule has 2 unspecified atom stereocenters. The van der Waals surface area contributed by atoms with Gasteiger partial charge in [-0.25, -0.2) is 0 Å². The molecule has 2 nitrogen and oxygen atoms in total. The van der Waals surface area contributed by atoms with Crippen molar-refractivity contribution in [3.63, 3.8) is 0 Å². The molecule has 0 heterocycles. The first kappa shape index (κ1) is 14.8. The minimum Gasteiger partial charge on any atom is -0.395 e. The Bertz CT molecular complexity index is 551. The van der Waals surface area contributed by atoms with Gasteiger partial charge in [0.15, 0.2) is 0 Å². The van der Waals surface area contributed by atoms with Crippen LogP contribution in [0.3, 0.4) is 0 Å². The van der Waals surface area contributed by atoms with Gasteiger partial charge in [0, 0.05) is 6.04 Å². The summed E-state index contributed by atoms with van der Waals surface area (Å²) in [6.45, 7) is 6.38. The van der Waals surface area contributed by atoms with Crippen LogP contribution in [0, 0.1) is 13.8 Å². The van der Waals surface area contributed by atoms with Crippen molar-refractivity contribution in [1.82, 2.24) is 5.32 Å². The summed E-state index contributed by atoms with van der Waals surface area (Å²) in [5, 5.41) is 12.8. The summed E-state index contributed by atoms with van der Waals surface area (Å²) in [6, 6.07) is 17.1. The summed E-state index contributed by atoms with van der Waals surface area (Å²) in [4.78, 5) is 0. The van der Waals surface area contributed by atoms with Crippen LogP contribution in [-0.2, 0) is 0 Å². The average Bonchev–Trinajstić information content (AvgIpc) is 2.46. The minimum atomic E-state index is 0.0564. The Balaban J connectivity index is 2.40. The summed E-state index contributed by atoms with van der Waals surface area (Å²) in [6.07, 6.45) is 0. The Morgan fingerprint density at radius 2 is 1.75 bits per heavy atom. The summed E-state index contributed by atoms with van der Waals surface area (Å²) >= 11 is 0. The van der Waals surface area contributed by atoms with Gasteiger partial charge in [-0.05, 0) is 37.5 Å². The lowest BCUT2D eigenvalue weighted by Crippen LogP contribution is -2.34. The second-order valence-electron chi connectivity index (χ2n) is 5.45. The van der Waals surface area contributed by atoms with Crippen LogP contribution in [0.4, 0.5) is 0 Å². The van der Waals surface area contributed by atoms with Crippen molar-refractivity contribution < 1.29 is 5.11 Å². The Morgan fingerprint density at radius 1 is 1.05 bits per heavy atom. The topological polar surface area (TPSA) is 32.3 Å². The fourth-order valence-electron chi connectivity index (χ4n) is 2.50. The van der Waals surface area contributed by atoms with E-state index >= 15 is 0 Å². The molecule has 0 aromatic heterocycles. The maximum Gasteiger partial charge on any atom is 0.0582 e. The van der Waals surface area contributed by atoms with Gasteiger partial charge >= 0.3 is 0 Å². The lowest BCUT2D eigenvalue weighted by Gasteiger charge is -2.25. The van der Waals surface area contributed by atoms with E-state index in [1.165, 1.54) is 22.3 Å². The largest absolute Gasteiger partial charge is 0.395 e. The molecule has 0 aliphatic heterocycles. The molecule has 0 aliphatic rings. The standard InChI is InChI=1S/C18H23NO/c1-13-9-10-17(14(2)11-13)18(19-15(3)12-20)16-7-5-4-6-8-16/h4-11,15,18-20H,12H2,1-3H3. The van der Waals surface area contributed by atoms with Crippen LogP contribution in [0.2, 0.25) is 0 Å². The highest BCUT2D eigenvalue weighted by Gasteiger charge is 2.17. The maximum absolute atomic E-state index is 9.33. The Morgan fingerprint density at radius 3 is 2.35 bits per heavy atom. The normalized spacial score (nSPS) is 14.0. The van der Waals surface area contributed by atoms with E-state index in [0.717, 1.165) is 0 Å². The maximum atomic E-state index is 9.33. The second-order valence-corrected chi connectivity index (χ2v) is 5.45. The van der Waals surface area contributed by atoms with Gasteiger partial charge in [-0.15, -0.1) is 0 Å². The number of benzene rings is 2. The number of hydrogen-bond donors (Lipinski definition) is 2. The van der Waals surface area contributed by atoms with E-state index in [-0.39, 0.29) is 18.7 Å².